The van der Waals surface area contributed by atoms with E-state index in [1.807, 2.05) is 23.0 Å². The summed E-state index contributed by atoms with van der Waals surface area (Å²) in [6, 6.07) is 18.9. The largest absolute Gasteiger partial charge is 0.307 e. The van der Waals surface area contributed by atoms with Crippen LogP contribution in [0.4, 0.5) is 0 Å². The van der Waals surface area contributed by atoms with Crippen molar-refractivity contribution in [3.63, 3.8) is 0 Å². The van der Waals surface area contributed by atoms with Crippen molar-refractivity contribution in [2.75, 3.05) is 0 Å². The molecule has 1 N–H and O–H groups in total. The molecule has 124 valence electrons. The summed E-state index contributed by atoms with van der Waals surface area (Å²) in [7, 11) is 0. The first-order valence-electron chi connectivity index (χ1n) is 8.52. The molecule has 4 heteroatoms. The third-order valence-electron chi connectivity index (χ3n) is 3.94. The SMILES string of the molecule is CCCn1nc(CNCc2ccc(C)cc2)c(-c2ccccc2)n1. The molecule has 0 radical (unpaired) electrons. The Balaban J connectivity index is 1.72. The quantitative estimate of drug-likeness (QED) is 0.716. The zero-order chi connectivity index (χ0) is 16.8. The number of nitrogens with one attached hydrogen (secondary N) is 1. The Kier molecular flexibility index (Phi) is 5.39. The number of rotatable bonds is 7. The second-order valence-corrected chi connectivity index (χ2v) is 6.05. The molecule has 0 bridgehead atoms. The van der Waals surface area contributed by atoms with E-state index in [0.717, 1.165) is 36.5 Å². The molecule has 3 rings (SSSR count). The Bertz CT molecular complexity index is 760. The van der Waals surface area contributed by atoms with Crippen molar-refractivity contribution in [1.29, 1.82) is 0 Å². The van der Waals surface area contributed by atoms with Crippen LogP contribution in [0.25, 0.3) is 11.3 Å². The Morgan fingerprint density at radius 1 is 0.917 bits per heavy atom. The number of aryl methyl sites for hydroxylation is 2. The van der Waals surface area contributed by atoms with Crippen LogP contribution in [0.3, 0.4) is 0 Å². The van der Waals surface area contributed by atoms with Crippen molar-refractivity contribution in [1.82, 2.24) is 20.3 Å². The van der Waals surface area contributed by atoms with Gasteiger partial charge in [0.25, 0.3) is 0 Å². The van der Waals surface area contributed by atoms with Crippen LogP contribution in [0.15, 0.2) is 54.6 Å². The molecule has 0 aliphatic carbocycles. The van der Waals surface area contributed by atoms with Gasteiger partial charge in [-0.2, -0.15) is 15.0 Å². The molecule has 0 atom stereocenters. The summed E-state index contributed by atoms with van der Waals surface area (Å²) >= 11 is 0. The Morgan fingerprint density at radius 3 is 2.38 bits per heavy atom. The van der Waals surface area contributed by atoms with Gasteiger partial charge in [-0.3, -0.25) is 0 Å². The van der Waals surface area contributed by atoms with Gasteiger partial charge in [0.2, 0.25) is 0 Å². The summed E-state index contributed by atoms with van der Waals surface area (Å²) in [5.41, 5.74) is 5.66. The van der Waals surface area contributed by atoms with Gasteiger partial charge in [-0.25, -0.2) is 0 Å². The lowest BCUT2D eigenvalue weighted by Gasteiger charge is -2.05. The van der Waals surface area contributed by atoms with Crippen LogP contribution in [0.1, 0.15) is 30.2 Å². The second kappa shape index (κ2) is 7.88. The van der Waals surface area contributed by atoms with Gasteiger partial charge in [0, 0.05) is 18.7 Å². The minimum Gasteiger partial charge on any atom is -0.307 e. The van der Waals surface area contributed by atoms with E-state index in [0.29, 0.717) is 6.54 Å². The van der Waals surface area contributed by atoms with Crippen molar-refractivity contribution in [2.24, 2.45) is 0 Å². The highest BCUT2D eigenvalue weighted by Gasteiger charge is 2.12. The summed E-state index contributed by atoms with van der Waals surface area (Å²) in [6.07, 6.45) is 1.03. The average Bonchev–Trinajstić information content (AvgIpc) is 3.01. The molecule has 0 fully saturated rings. The molecule has 1 aromatic heterocycles. The van der Waals surface area contributed by atoms with Gasteiger partial charge in [0.15, 0.2) is 0 Å². The van der Waals surface area contributed by atoms with Crippen LogP contribution in [-0.2, 0) is 19.6 Å². The van der Waals surface area contributed by atoms with Crippen LogP contribution in [0, 0.1) is 6.92 Å². The highest BCUT2D eigenvalue weighted by molar-refractivity contribution is 5.60. The first-order valence-corrected chi connectivity index (χ1v) is 8.52. The fourth-order valence-electron chi connectivity index (χ4n) is 2.65. The molecule has 0 aliphatic rings. The molecular formula is C20H24N4. The number of aromatic nitrogens is 3. The molecule has 0 saturated heterocycles. The molecule has 3 aromatic rings. The molecule has 0 saturated carbocycles. The Hall–Kier alpha value is -2.46. The summed E-state index contributed by atoms with van der Waals surface area (Å²) in [6.45, 7) is 6.63. The maximum Gasteiger partial charge on any atom is 0.117 e. The lowest BCUT2D eigenvalue weighted by Crippen LogP contribution is -2.14. The third-order valence-corrected chi connectivity index (χ3v) is 3.94. The number of benzene rings is 2. The van der Waals surface area contributed by atoms with Gasteiger partial charge in [-0.05, 0) is 18.9 Å². The van der Waals surface area contributed by atoms with Gasteiger partial charge >= 0.3 is 0 Å². The van der Waals surface area contributed by atoms with Crippen LogP contribution < -0.4 is 5.32 Å². The molecule has 0 spiro atoms. The van der Waals surface area contributed by atoms with Crippen molar-refractivity contribution < 1.29 is 0 Å². The van der Waals surface area contributed by atoms with Gasteiger partial charge in [0.1, 0.15) is 11.4 Å². The van der Waals surface area contributed by atoms with Gasteiger partial charge in [0.05, 0.1) is 6.54 Å². The van der Waals surface area contributed by atoms with Gasteiger partial charge in [-0.1, -0.05) is 67.1 Å². The molecule has 0 aliphatic heterocycles. The maximum absolute atomic E-state index is 4.67. The third kappa shape index (κ3) is 4.09. The van der Waals surface area contributed by atoms with Gasteiger partial charge in [-0.15, -0.1) is 0 Å². The van der Waals surface area contributed by atoms with Crippen LogP contribution in [-0.4, -0.2) is 15.0 Å². The summed E-state index contributed by atoms with van der Waals surface area (Å²) < 4.78 is 0. The highest BCUT2D eigenvalue weighted by atomic mass is 15.5. The van der Waals surface area contributed by atoms with E-state index in [2.05, 4.69) is 65.8 Å². The van der Waals surface area contributed by atoms with Crippen molar-refractivity contribution in [2.45, 2.75) is 39.9 Å². The minimum absolute atomic E-state index is 0.710. The highest BCUT2D eigenvalue weighted by Crippen LogP contribution is 2.20. The van der Waals surface area contributed by atoms with E-state index in [-0.39, 0.29) is 0 Å². The standard InChI is InChI=1S/C20H24N4/c1-3-13-24-22-19(20(23-24)18-7-5-4-6-8-18)15-21-14-17-11-9-16(2)10-12-17/h4-12,21H,3,13-15H2,1-2H3. The fraction of sp³-hybridized carbons (Fsp3) is 0.300. The number of hydrogen-bond donors (Lipinski definition) is 1. The second-order valence-electron chi connectivity index (χ2n) is 6.05. The molecule has 2 aromatic carbocycles. The molecule has 1 heterocycles. The van der Waals surface area contributed by atoms with Crippen molar-refractivity contribution >= 4 is 0 Å². The van der Waals surface area contributed by atoms with Crippen LogP contribution in [0.5, 0.6) is 0 Å². The lowest BCUT2D eigenvalue weighted by atomic mass is 10.1. The average molecular weight is 320 g/mol. The lowest BCUT2D eigenvalue weighted by molar-refractivity contribution is 0.521. The zero-order valence-electron chi connectivity index (χ0n) is 14.4. The van der Waals surface area contributed by atoms with E-state index < -0.39 is 0 Å². The summed E-state index contributed by atoms with van der Waals surface area (Å²) in [5, 5.41) is 12.8. The molecular weight excluding hydrogens is 296 g/mol. The van der Waals surface area contributed by atoms with Gasteiger partial charge < -0.3 is 5.32 Å². The smallest absolute Gasteiger partial charge is 0.117 e. The number of hydrogen-bond acceptors (Lipinski definition) is 3. The van der Waals surface area contributed by atoms with Crippen molar-refractivity contribution in [3.8, 4) is 11.3 Å². The zero-order valence-corrected chi connectivity index (χ0v) is 14.4. The minimum atomic E-state index is 0.710. The van der Waals surface area contributed by atoms with E-state index in [4.69, 9.17) is 0 Å². The first kappa shape index (κ1) is 16.4. The Labute approximate surface area is 143 Å². The summed E-state index contributed by atoms with van der Waals surface area (Å²) in [4.78, 5) is 1.81. The normalized spacial score (nSPS) is 10.9. The van der Waals surface area contributed by atoms with E-state index >= 15 is 0 Å². The molecule has 0 unspecified atom stereocenters. The Morgan fingerprint density at radius 2 is 1.67 bits per heavy atom. The monoisotopic (exact) mass is 320 g/mol. The maximum atomic E-state index is 4.67. The first-order chi connectivity index (χ1) is 11.8. The molecule has 0 amide bonds. The van der Waals surface area contributed by atoms with E-state index in [1.54, 1.807) is 0 Å². The topological polar surface area (TPSA) is 42.7 Å². The van der Waals surface area contributed by atoms with Crippen LogP contribution in [0.2, 0.25) is 0 Å². The van der Waals surface area contributed by atoms with E-state index in [9.17, 15) is 0 Å². The fourth-order valence-corrected chi connectivity index (χ4v) is 2.65. The van der Waals surface area contributed by atoms with E-state index in [1.165, 1.54) is 11.1 Å². The van der Waals surface area contributed by atoms with Crippen LogP contribution >= 0.6 is 0 Å². The predicted octanol–water partition coefficient (Wildman–Crippen LogP) is 3.95. The molecule has 24 heavy (non-hydrogen) atoms. The van der Waals surface area contributed by atoms with Crippen molar-refractivity contribution in [3.05, 3.63) is 71.4 Å². The molecule has 4 nitrogen and oxygen atoms in total. The summed E-state index contributed by atoms with van der Waals surface area (Å²) in [5.74, 6) is 0. The number of nitrogens with zero attached hydrogens (tertiary/aromatic N) is 3. The predicted molar refractivity (Wildman–Crippen MR) is 97.5 cm³/mol.